The minimum Gasteiger partial charge on any atom is -0.455 e. The van der Waals surface area contributed by atoms with Gasteiger partial charge in [-0.05, 0) is 59.2 Å². The maximum absolute atomic E-state index is 6.52. The van der Waals surface area contributed by atoms with Crippen LogP contribution in [0, 0.1) is 0 Å². The molecule has 0 radical (unpaired) electrons. The summed E-state index contributed by atoms with van der Waals surface area (Å²) in [5.74, 6) is 0.927. The van der Waals surface area contributed by atoms with E-state index < -0.39 is 0 Å². The first kappa shape index (κ1) is 25.9. The van der Waals surface area contributed by atoms with Crippen molar-refractivity contribution in [2.45, 2.75) is 0 Å². The quantitative estimate of drug-likeness (QED) is 0.201. The molecular weight excluding hydrogens is 576 g/mol. The maximum atomic E-state index is 6.52. The molecule has 4 heteroatoms. The molecule has 0 spiro atoms. The van der Waals surface area contributed by atoms with Crippen molar-refractivity contribution in [3.63, 3.8) is 0 Å². The van der Waals surface area contributed by atoms with Crippen molar-refractivity contribution in [1.82, 2.24) is 9.55 Å². The standard InChI is InChI=1S/C43H26N2O2/c1-3-11-29(12-4-1)43-44-36-25-30(23-24-37(36)45(43)31-13-5-2-6-14-31)27-19-21-28(22-20-27)34-26-35-32-15-7-9-17-38(32)46-42(35)40-33-16-8-10-18-39(33)47-41(34)40/h1-26H. The van der Waals surface area contributed by atoms with Crippen LogP contribution in [-0.2, 0) is 0 Å². The van der Waals surface area contributed by atoms with Crippen LogP contribution in [0.25, 0.3) is 94.2 Å². The van der Waals surface area contributed by atoms with Gasteiger partial charge < -0.3 is 8.83 Å². The van der Waals surface area contributed by atoms with E-state index in [4.69, 9.17) is 13.8 Å². The first-order valence-electron chi connectivity index (χ1n) is 15.8. The third-order valence-corrected chi connectivity index (χ3v) is 9.22. The van der Waals surface area contributed by atoms with E-state index in [2.05, 4.69) is 126 Å². The summed E-state index contributed by atoms with van der Waals surface area (Å²) in [5.41, 5.74) is 12.0. The largest absolute Gasteiger partial charge is 0.455 e. The lowest BCUT2D eigenvalue weighted by Gasteiger charge is -2.10. The molecule has 3 heterocycles. The molecule has 0 bridgehead atoms. The fourth-order valence-electron chi connectivity index (χ4n) is 7.00. The highest BCUT2D eigenvalue weighted by Crippen LogP contribution is 2.44. The zero-order valence-corrected chi connectivity index (χ0v) is 25.2. The molecule has 47 heavy (non-hydrogen) atoms. The van der Waals surface area contributed by atoms with E-state index in [0.717, 1.165) is 94.2 Å². The van der Waals surface area contributed by atoms with E-state index in [-0.39, 0.29) is 0 Å². The van der Waals surface area contributed by atoms with Crippen molar-refractivity contribution < 1.29 is 8.83 Å². The molecule has 10 rings (SSSR count). The third-order valence-electron chi connectivity index (χ3n) is 9.22. The summed E-state index contributed by atoms with van der Waals surface area (Å²) in [5, 5.41) is 4.27. The molecule has 220 valence electrons. The third kappa shape index (κ3) is 3.98. The summed E-state index contributed by atoms with van der Waals surface area (Å²) >= 11 is 0. The Hall–Kier alpha value is -6.39. The van der Waals surface area contributed by atoms with Crippen molar-refractivity contribution in [1.29, 1.82) is 0 Å². The number of hydrogen-bond donors (Lipinski definition) is 0. The molecule has 0 fully saturated rings. The second kappa shape index (κ2) is 10.1. The second-order valence-electron chi connectivity index (χ2n) is 12.0. The van der Waals surface area contributed by atoms with Crippen molar-refractivity contribution in [3.05, 3.63) is 158 Å². The number of nitrogens with zero attached hydrogens (tertiary/aromatic N) is 2. The van der Waals surface area contributed by atoms with Gasteiger partial charge in [-0.2, -0.15) is 0 Å². The second-order valence-corrected chi connectivity index (χ2v) is 12.0. The van der Waals surface area contributed by atoms with Gasteiger partial charge in [-0.15, -0.1) is 0 Å². The van der Waals surface area contributed by atoms with Crippen LogP contribution in [0.3, 0.4) is 0 Å². The highest BCUT2D eigenvalue weighted by atomic mass is 16.3. The SMILES string of the molecule is c1ccc(-c2nc3cc(-c4ccc(-c5cc6c7ccccc7oc6c6c5oc5ccccc56)cc4)ccc3n2-c2ccccc2)cc1. The molecule has 0 aliphatic rings. The summed E-state index contributed by atoms with van der Waals surface area (Å²) in [6.45, 7) is 0. The molecular formula is C43H26N2O2. The normalized spacial score (nSPS) is 11.8. The Morgan fingerprint density at radius 1 is 0.447 bits per heavy atom. The summed E-state index contributed by atoms with van der Waals surface area (Å²) in [6, 6.07) is 54.8. The lowest BCUT2D eigenvalue weighted by molar-refractivity contribution is 0.663. The van der Waals surface area contributed by atoms with Gasteiger partial charge in [-0.3, -0.25) is 4.57 Å². The zero-order valence-electron chi connectivity index (χ0n) is 25.2. The van der Waals surface area contributed by atoms with Gasteiger partial charge in [0.05, 0.1) is 16.4 Å². The molecule has 0 saturated carbocycles. The molecule has 0 saturated heterocycles. The Morgan fingerprint density at radius 2 is 1.06 bits per heavy atom. The van der Waals surface area contributed by atoms with Crippen LogP contribution >= 0.6 is 0 Å². The number of imidazole rings is 1. The van der Waals surface area contributed by atoms with E-state index in [0.29, 0.717) is 0 Å². The number of benzene rings is 7. The molecule has 0 atom stereocenters. The molecule has 7 aromatic carbocycles. The van der Waals surface area contributed by atoms with Crippen molar-refractivity contribution in [2.24, 2.45) is 0 Å². The molecule has 0 aliphatic carbocycles. The van der Waals surface area contributed by atoms with Crippen LogP contribution in [0.5, 0.6) is 0 Å². The molecule has 3 aromatic heterocycles. The fourth-order valence-corrected chi connectivity index (χ4v) is 7.00. The van der Waals surface area contributed by atoms with Gasteiger partial charge >= 0.3 is 0 Å². The maximum Gasteiger partial charge on any atom is 0.147 e. The van der Waals surface area contributed by atoms with E-state index in [9.17, 15) is 0 Å². The fraction of sp³-hybridized carbons (Fsp3) is 0. The zero-order chi connectivity index (χ0) is 30.9. The molecule has 0 N–H and O–H groups in total. The smallest absolute Gasteiger partial charge is 0.147 e. The van der Waals surface area contributed by atoms with Crippen LogP contribution < -0.4 is 0 Å². The number of aromatic nitrogens is 2. The number of para-hydroxylation sites is 3. The van der Waals surface area contributed by atoms with Crippen LogP contribution in [0.4, 0.5) is 0 Å². The molecule has 10 aromatic rings. The van der Waals surface area contributed by atoms with Gasteiger partial charge in [0.1, 0.15) is 28.2 Å². The van der Waals surface area contributed by atoms with Crippen molar-refractivity contribution in [3.8, 4) is 39.3 Å². The van der Waals surface area contributed by atoms with Crippen LogP contribution in [0.2, 0.25) is 0 Å². The van der Waals surface area contributed by atoms with Crippen LogP contribution in [0.15, 0.2) is 167 Å². The predicted molar refractivity (Wildman–Crippen MR) is 192 cm³/mol. The number of fused-ring (bicyclic) bond motifs is 8. The predicted octanol–water partition coefficient (Wildman–Crippen LogP) is 11.8. The van der Waals surface area contributed by atoms with Crippen LogP contribution in [-0.4, -0.2) is 9.55 Å². The van der Waals surface area contributed by atoms with Gasteiger partial charge in [0.15, 0.2) is 0 Å². The first-order valence-corrected chi connectivity index (χ1v) is 15.8. The Labute approximate surface area is 269 Å². The average molecular weight is 603 g/mol. The summed E-state index contributed by atoms with van der Waals surface area (Å²) in [7, 11) is 0. The minimum atomic E-state index is 0.840. The molecule has 4 nitrogen and oxygen atoms in total. The van der Waals surface area contributed by atoms with Crippen LogP contribution in [0.1, 0.15) is 0 Å². The molecule has 0 aliphatic heterocycles. The Kier molecular flexibility index (Phi) is 5.54. The first-order chi connectivity index (χ1) is 23.3. The minimum absolute atomic E-state index is 0.840. The summed E-state index contributed by atoms with van der Waals surface area (Å²) in [4.78, 5) is 5.16. The van der Waals surface area contributed by atoms with E-state index in [1.165, 1.54) is 0 Å². The van der Waals surface area contributed by atoms with E-state index in [1.807, 2.05) is 36.4 Å². The van der Waals surface area contributed by atoms with Crippen molar-refractivity contribution >= 4 is 54.9 Å². The average Bonchev–Trinajstić information content (AvgIpc) is 3.83. The summed E-state index contributed by atoms with van der Waals surface area (Å²) < 4.78 is 15.2. The molecule has 0 amide bonds. The molecule has 0 unspecified atom stereocenters. The van der Waals surface area contributed by atoms with Gasteiger partial charge in [0, 0.05) is 33.0 Å². The number of rotatable bonds is 4. The topological polar surface area (TPSA) is 44.1 Å². The lowest BCUT2D eigenvalue weighted by Crippen LogP contribution is -1.97. The lowest BCUT2D eigenvalue weighted by atomic mass is 9.96. The Morgan fingerprint density at radius 3 is 1.85 bits per heavy atom. The van der Waals surface area contributed by atoms with Gasteiger partial charge in [-0.1, -0.05) is 115 Å². The highest BCUT2D eigenvalue weighted by Gasteiger charge is 2.21. The van der Waals surface area contributed by atoms with Crippen molar-refractivity contribution in [2.75, 3.05) is 0 Å². The Balaban J connectivity index is 1.12. The van der Waals surface area contributed by atoms with Gasteiger partial charge in [-0.25, -0.2) is 4.98 Å². The number of furan rings is 2. The monoisotopic (exact) mass is 602 g/mol. The van der Waals surface area contributed by atoms with Gasteiger partial charge in [0.25, 0.3) is 0 Å². The highest BCUT2D eigenvalue weighted by molar-refractivity contribution is 6.25. The Bertz CT molecular complexity index is 2770. The number of hydrogen-bond acceptors (Lipinski definition) is 3. The van der Waals surface area contributed by atoms with E-state index in [1.54, 1.807) is 0 Å². The van der Waals surface area contributed by atoms with Gasteiger partial charge in [0.2, 0.25) is 0 Å². The summed E-state index contributed by atoms with van der Waals surface area (Å²) in [6.07, 6.45) is 0. The van der Waals surface area contributed by atoms with E-state index >= 15 is 0 Å².